The van der Waals surface area contributed by atoms with E-state index in [1.807, 2.05) is 0 Å². The van der Waals surface area contributed by atoms with Crippen molar-refractivity contribution < 1.29 is 5.11 Å². The Morgan fingerprint density at radius 3 is 2.90 bits per heavy atom. The molecule has 0 radical (unpaired) electrons. The quantitative estimate of drug-likeness (QED) is 0.623. The summed E-state index contributed by atoms with van der Waals surface area (Å²) in [6, 6.07) is 0. The number of nitrogens with zero attached hydrogens (tertiary/aromatic N) is 1. The van der Waals surface area contributed by atoms with E-state index in [1.54, 1.807) is 0 Å². The first kappa shape index (κ1) is 14.6. The van der Waals surface area contributed by atoms with Crippen molar-refractivity contribution in [1.82, 2.24) is 9.55 Å². The third kappa shape index (κ3) is 2.87. The molecule has 1 saturated carbocycles. The number of anilines is 2. The lowest BCUT2D eigenvalue weighted by molar-refractivity contribution is -0.000773. The third-order valence-electron chi connectivity index (χ3n) is 4.03. The van der Waals surface area contributed by atoms with E-state index in [4.69, 9.17) is 5.73 Å². The molecule has 7 heteroatoms. The summed E-state index contributed by atoms with van der Waals surface area (Å²) in [6.07, 6.45) is 3.49. The minimum absolute atomic E-state index is 0.0752. The van der Waals surface area contributed by atoms with Crippen molar-refractivity contribution in [2.45, 2.75) is 38.2 Å². The fraction of sp³-hybridized carbons (Fsp3) is 0.692. The second kappa shape index (κ2) is 5.32. The molecule has 1 aliphatic rings. The minimum Gasteiger partial charge on any atom is -0.388 e. The zero-order valence-corrected chi connectivity index (χ0v) is 11.9. The van der Waals surface area contributed by atoms with E-state index in [-0.39, 0.29) is 18.1 Å². The van der Waals surface area contributed by atoms with Gasteiger partial charge in [0.1, 0.15) is 11.5 Å². The normalized spacial score (nSPS) is 26.4. The number of hydrogen-bond donors (Lipinski definition) is 4. The molecule has 0 spiro atoms. The molecule has 2 rings (SSSR count). The monoisotopic (exact) mass is 282 g/mol. The maximum absolute atomic E-state index is 11.8. The summed E-state index contributed by atoms with van der Waals surface area (Å²) in [7, 11) is 1.48. The molecule has 2 unspecified atom stereocenters. The summed E-state index contributed by atoms with van der Waals surface area (Å²) in [6.45, 7) is 2.36. The van der Waals surface area contributed by atoms with E-state index in [9.17, 15) is 14.7 Å². The molecule has 1 aromatic heterocycles. The van der Waals surface area contributed by atoms with Gasteiger partial charge in [-0.15, -0.1) is 0 Å². The summed E-state index contributed by atoms with van der Waals surface area (Å²) in [5.41, 5.74) is 3.97. The predicted octanol–water partition coefficient (Wildman–Crippen LogP) is 0.00890. The van der Waals surface area contributed by atoms with Crippen LogP contribution in [0.1, 0.15) is 32.6 Å². The number of rotatable bonds is 3. The lowest BCUT2D eigenvalue weighted by atomic mass is 9.79. The van der Waals surface area contributed by atoms with Gasteiger partial charge in [0.15, 0.2) is 0 Å². The molecule has 5 N–H and O–H groups in total. The maximum atomic E-state index is 11.8. The highest BCUT2D eigenvalue weighted by molar-refractivity contribution is 5.60. The standard InChI is InChI=1S/C13H22N4O3/c1-8-4-3-5-13(20,6-8)7-15-9-10(14)17(2)12(19)16-11(9)18/h8,15,20H,3-7,14H2,1-2H3,(H,16,18,19). The Bertz CT molecular complexity index is 607. The summed E-state index contributed by atoms with van der Waals surface area (Å²) in [5.74, 6) is 0.539. The van der Waals surface area contributed by atoms with E-state index in [0.717, 1.165) is 17.4 Å². The number of aliphatic hydroxyl groups is 1. The highest BCUT2D eigenvalue weighted by Gasteiger charge is 2.32. The molecule has 1 aliphatic carbocycles. The van der Waals surface area contributed by atoms with E-state index < -0.39 is 16.9 Å². The van der Waals surface area contributed by atoms with Crippen LogP contribution in [0.25, 0.3) is 0 Å². The summed E-state index contributed by atoms with van der Waals surface area (Å²) >= 11 is 0. The van der Waals surface area contributed by atoms with Crippen molar-refractivity contribution in [2.75, 3.05) is 17.6 Å². The number of aromatic amines is 1. The van der Waals surface area contributed by atoms with Gasteiger partial charge in [-0.25, -0.2) is 4.79 Å². The van der Waals surface area contributed by atoms with Crippen LogP contribution in [0, 0.1) is 5.92 Å². The average molecular weight is 282 g/mol. The lowest BCUT2D eigenvalue weighted by Gasteiger charge is -2.35. The topological polar surface area (TPSA) is 113 Å². The van der Waals surface area contributed by atoms with E-state index >= 15 is 0 Å². The van der Waals surface area contributed by atoms with Gasteiger partial charge in [0.2, 0.25) is 0 Å². The smallest absolute Gasteiger partial charge is 0.329 e. The van der Waals surface area contributed by atoms with Crippen LogP contribution in [0.3, 0.4) is 0 Å². The fourth-order valence-electron chi connectivity index (χ4n) is 2.85. The molecule has 1 heterocycles. The van der Waals surface area contributed by atoms with Crippen molar-refractivity contribution in [1.29, 1.82) is 0 Å². The van der Waals surface area contributed by atoms with Crippen LogP contribution >= 0.6 is 0 Å². The Labute approximate surface area is 116 Å². The van der Waals surface area contributed by atoms with Crippen molar-refractivity contribution in [3.05, 3.63) is 20.8 Å². The van der Waals surface area contributed by atoms with Gasteiger partial charge in [0.25, 0.3) is 5.56 Å². The SMILES string of the molecule is CC1CCCC(O)(CNc2c(N)n(C)c(=O)[nH]c2=O)C1. The fourth-order valence-corrected chi connectivity index (χ4v) is 2.85. The van der Waals surface area contributed by atoms with Gasteiger partial charge in [-0.05, 0) is 18.8 Å². The Balaban J connectivity index is 2.17. The summed E-state index contributed by atoms with van der Waals surface area (Å²) in [5, 5.41) is 13.4. The van der Waals surface area contributed by atoms with Gasteiger partial charge in [0, 0.05) is 13.6 Å². The molecule has 0 amide bonds. The molecular formula is C13H22N4O3. The molecule has 112 valence electrons. The Morgan fingerprint density at radius 1 is 1.55 bits per heavy atom. The molecule has 0 aromatic carbocycles. The number of aromatic nitrogens is 2. The number of nitrogens with two attached hydrogens (primary N) is 1. The Hall–Kier alpha value is -1.76. The molecule has 7 nitrogen and oxygen atoms in total. The molecule has 0 bridgehead atoms. The average Bonchev–Trinajstić information content (AvgIpc) is 2.35. The van der Waals surface area contributed by atoms with Crippen LogP contribution in [0.15, 0.2) is 9.59 Å². The van der Waals surface area contributed by atoms with Crippen LogP contribution < -0.4 is 22.3 Å². The zero-order chi connectivity index (χ0) is 14.9. The molecule has 1 aromatic rings. The number of nitrogens with one attached hydrogen (secondary N) is 2. The number of nitrogen functional groups attached to an aromatic ring is 1. The highest BCUT2D eigenvalue weighted by Crippen LogP contribution is 2.32. The Kier molecular flexibility index (Phi) is 3.89. The van der Waals surface area contributed by atoms with E-state index in [1.165, 1.54) is 7.05 Å². The second-order valence-corrected chi connectivity index (χ2v) is 5.86. The largest absolute Gasteiger partial charge is 0.388 e. The van der Waals surface area contributed by atoms with Gasteiger partial charge in [-0.3, -0.25) is 14.3 Å². The predicted molar refractivity (Wildman–Crippen MR) is 77.8 cm³/mol. The zero-order valence-electron chi connectivity index (χ0n) is 11.9. The molecule has 20 heavy (non-hydrogen) atoms. The maximum Gasteiger partial charge on any atom is 0.329 e. The first-order valence-electron chi connectivity index (χ1n) is 6.87. The molecule has 0 saturated heterocycles. The third-order valence-corrected chi connectivity index (χ3v) is 4.03. The second-order valence-electron chi connectivity index (χ2n) is 5.86. The number of H-pyrrole nitrogens is 1. The van der Waals surface area contributed by atoms with Crippen molar-refractivity contribution in [2.24, 2.45) is 13.0 Å². The first-order valence-corrected chi connectivity index (χ1v) is 6.87. The van der Waals surface area contributed by atoms with Gasteiger partial charge in [-0.1, -0.05) is 19.8 Å². The van der Waals surface area contributed by atoms with E-state index in [2.05, 4.69) is 17.2 Å². The van der Waals surface area contributed by atoms with Gasteiger partial charge in [0.05, 0.1) is 5.60 Å². The van der Waals surface area contributed by atoms with E-state index in [0.29, 0.717) is 18.8 Å². The van der Waals surface area contributed by atoms with Crippen LogP contribution in [0.4, 0.5) is 11.5 Å². The summed E-state index contributed by atoms with van der Waals surface area (Å²) < 4.78 is 1.16. The molecule has 1 fully saturated rings. The lowest BCUT2D eigenvalue weighted by Crippen LogP contribution is -2.42. The van der Waals surface area contributed by atoms with Crippen molar-refractivity contribution in [3.8, 4) is 0 Å². The van der Waals surface area contributed by atoms with Crippen LogP contribution in [0.2, 0.25) is 0 Å². The van der Waals surface area contributed by atoms with Gasteiger partial charge < -0.3 is 16.2 Å². The first-order chi connectivity index (χ1) is 9.32. The minimum atomic E-state index is -0.828. The van der Waals surface area contributed by atoms with Crippen LogP contribution in [-0.4, -0.2) is 26.8 Å². The van der Waals surface area contributed by atoms with Crippen LogP contribution in [0.5, 0.6) is 0 Å². The molecule has 2 atom stereocenters. The van der Waals surface area contributed by atoms with Gasteiger partial charge in [-0.2, -0.15) is 0 Å². The summed E-state index contributed by atoms with van der Waals surface area (Å²) in [4.78, 5) is 25.3. The highest BCUT2D eigenvalue weighted by atomic mass is 16.3. The number of hydrogen-bond acceptors (Lipinski definition) is 5. The van der Waals surface area contributed by atoms with Crippen molar-refractivity contribution in [3.63, 3.8) is 0 Å². The molecular weight excluding hydrogens is 260 g/mol. The molecule has 0 aliphatic heterocycles. The van der Waals surface area contributed by atoms with Crippen molar-refractivity contribution >= 4 is 11.5 Å². The van der Waals surface area contributed by atoms with Gasteiger partial charge >= 0.3 is 5.69 Å². The Morgan fingerprint density at radius 2 is 2.25 bits per heavy atom. The van der Waals surface area contributed by atoms with Crippen LogP contribution in [-0.2, 0) is 7.05 Å².